The number of benzene rings is 2. The molecule has 3 atom stereocenters. The second-order valence-electron chi connectivity index (χ2n) is 8.61. The molecule has 2 heterocycles. The zero-order chi connectivity index (χ0) is 23.2. The average Bonchev–Trinajstić information content (AvgIpc) is 3.29. The molecule has 33 heavy (non-hydrogen) atoms. The van der Waals surface area contributed by atoms with Crippen molar-refractivity contribution in [2.24, 2.45) is 4.99 Å². The summed E-state index contributed by atoms with van der Waals surface area (Å²) in [6.07, 6.45) is 6.39. The molecule has 2 aromatic carbocycles. The van der Waals surface area contributed by atoms with E-state index in [9.17, 15) is 9.90 Å². The van der Waals surface area contributed by atoms with E-state index in [1.807, 2.05) is 53.4 Å². The summed E-state index contributed by atoms with van der Waals surface area (Å²) in [6, 6.07) is 17.7. The maximum absolute atomic E-state index is 12.9. The molecule has 0 spiro atoms. The number of nitrogens with zero attached hydrogens (tertiary/aromatic N) is 2. The van der Waals surface area contributed by atoms with Crippen LogP contribution in [0.15, 0.2) is 84.1 Å². The summed E-state index contributed by atoms with van der Waals surface area (Å²) in [7, 11) is 0. The van der Waals surface area contributed by atoms with E-state index in [0.29, 0.717) is 6.54 Å². The Bertz CT molecular complexity index is 1030. The van der Waals surface area contributed by atoms with Crippen molar-refractivity contribution in [1.29, 1.82) is 0 Å². The lowest BCUT2D eigenvalue weighted by Crippen LogP contribution is -2.41. The molecule has 0 aliphatic carbocycles. The summed E-state index contributed by atoms with van der Waals surface area (Å²) in [5.74, 6) is 0.876. The summed E-state index contributed by atoms with van der Waals surface area (Å²) >= 11 is 0. The molecule has 6 heteroatoms. The molecule has 1 saturated heterocycles. The number of carbonyl (C=O) groups excluding carboxylic acids is 1. The van der Waals surface area contributed by atoms with Crippen molar-refractivity contribution in [1.82, 2.24) is 10.2 Å². The molecule has 6 nitrogen and oxygen atoms in total. The van der Waals surface area contributed by atoms with Gasteiger partial charge in [0, 0.05) is 36.6 Å². The average molecular weight is 445 g/mol. The Hall–Kier alpha value is -3.22. The molecule has 2 aliphatic heterocycles. The van der Waals surface area contributed by atoms with Gasteiger partial charge in [-0.1, -0.05) is 56.0 Å². The molecule has 3 N–H and O–H groups in total. The van der Waals surface area contributed by atoms with Crippen LogP contribution in [0.4, 0.5) is 5.69 Å². The first kappa shape index (κ1) is 23.0. The first-order valence-electron chi connectivity index (χ1n) is 11.6. The van der Waals surface area contributed by atoms with Gasteiger partial charge in [0.1, 0.15) is 11.9 Å². The molecule has 1 unspecified atom stereocenters. The number of hydrogen-bond acceptors (Lipinski definition) is 5. The van der Waals surface area contributed by atoms with Gasteiger partial charge in [-0.2, -0.15) is 0 Å². The fourth-order valence-electron chi connectivity index (χ4n) is 4.39. The van der Waals surface area contributed by atoms with Crippen molar-refractivity contribution in [2.75, 3.05) is 11.9 Å². The van der Waals surface area contributed by atoms with Crippen LogP contribution in [0, 0.1) is 0 Å². The second-order valence-corrected chi connectivity index (χ2v) is 8.61. The fraction of sp³-hybridized carbons (Fsp3) is 0.333. The standard InChI is InChI=1S/C27H32N4O2/c1-3-22(29-18-25(32)21-7-5-4-6-8-21)17-20-9-11-23(12-10-20)30-27(33)24-13-14-26-28-16-15-19(2)31(24)26/h4-12,15-16,22,24-25,29,32H,2-3,13-14,17-18H2,1H3,(H,30,33)/t22-,24?,25+/m1/s1. The van der Waals surface area contributed by atoms with E-state index < -0.39 is 6.10 Å². The zero-order valence-corrected chi connectivity index (χ0v) is 19.1. The van der Waals surface area contributed by atoms with Gasteiger partial charge in [-0.3, -0.25) is 4.79 Å². The van der Waals surface area contributed by atoms with E-state index in [1.54, 1.807) is 6.20 Å². The number of anilines is 1. The summed E-state index contributed by atoms with van der Waals surface area (Å²) < 4.78 is 0. The molecule has 172 valence electrons. The normalized spacial score (nSPS) is 19.1. The molecule has 2 aliphatic rings. The number of aliphatic imine (C=N–C) groups is 1. The van der Waals surface area contributed by atoms with Crippen LogP contribution >= 0.6 is 0 Å². The van der Waals surface area contributed by atoms with E-state index in [-0.39, 0.29) is 18.0 Å². The Kier molecular flexibility index (Phi) is 7.37. The topological polar surface area (TPSA) is 77.0 Å². The number of fused-ring (bicyclic) bond motifs is 1. The second kappa shape index (κ2) is 10.6. The van der Waals surface area contributed by atoms with Crippen molar-refractivity contribution in [3.63, 3.8) is 0 Å². The number of allylic oxidation sites excluding steroid dienone is 1. The predicted molar refractivity (Wildman–Crippen MR) is 133 cm³/mol. The van der Waals surface area contributed by atoms with Crippen molar-refractivity contribution < 1.29 is 9.90 Å². The van der Waals surface area contributed by atoms with Crippen molar-refractivity contribution in [3.8, 4) is 0 Å². The Morgan fingerprint density at radius 2 is 1.97 bits per heavy atom. The summed E-state index contributed by atoms with van der Waals surface area (Å²) in [5, 5.41) is 16.9. The minimum atomic E-state index is -0.523. The molecular formula is C27H32N4O2. The van der Waals surface area contributed by atoms with Crippen LogP contribution in [0.5, 0.6) is 0 Å². The Morgan fingerprint density at radius 3 is 2.70 bits per heavy atom. The SMILES string of the molecule is C=C1C=CN=C2CCC(C(=O)Nc3ccc(C[C@@H](CC)NC[C@H](O)c4ccccc4)cc3)N12. The third-order valence-corrected chi connectivity index (χ3v) is 6.31. The van der Waals surface area contributed by atoms with Crippen LogP contribution in [0.25, 0.3) is 0 Å². The minimum Gasteiger partial charge on any atom is -0.387 e. The molecule has 1 fully saturated rings. The quantitative estimate of drug-likeness (QED) is 0.542. The van der Waals surface area contributed by atoms with Crippen molar-refractivity contribution >= 4 is 17.4 Å². The lowest BCUT2D eigenvalue weighted by Gasteiger charge is -2.28. The van der Waals surface area contributed by atoms with Gasteiger partial charge in [0.05, 0.1) is 6.10 Å². The zero-order valence-electron chi connectivity index (χ0n) is 19.1. The molecule has 4 rings (SSSR count). The summed E-state index contributed by atoms with van der Waals surface area (Å²) in [4.78, 5) is 19.2. The maximum atomic E-state index is 12.9. The number of amides is 1. The van der Waals surface area contributed by atoms with E-state index >= 15 is 0 Å². The Morgan fingerprint density at radius 1 is 1.21 bits per heavy atom. The molecule has 1 amide bonds. The highest BCUT2D eigenvalue weighted by atomic mass is 16.3. The highest BCUT2D eigenvalue weighted by Gasteiger charge is 2.36. The van der Waals surface area contributed by atoms with Gasteiger partial charge < -0.3 is 20.6 Å². The molecular weight excluding hydrogens is 412 g/mol. The largest absolute Gasteiger partial charge is 0.387 e. The van der Waals surface area contributed by atoms with E-state index in [4.69, 9.17) is 0 Å². The van der Waals surface area contributed by atoms with Crippen LogP contribution in [-0.2, 0) is 11.2 Å². The number of amidine groups is 1. The maximum Gasteiger partial charge on any atom is 0.247 e. The molecule has 0 radical (unpaired) electrons. The smallest absolute Gasteiger partial charge is 0.247 e. The summed E-state index contributed by atoms with van der Waals surface area (Å²) in [6.45, 7) is 6.70. The number of carbonyl (C=O) groups is 1. The van der Waals surface area contributed by atoms with Gasteiger partial charge >= 0.3 is 0 Å². The third kappa shape index (κ3) is 5.59. The number of nitrogens with one attached hydrogen (secondary N) is 2. The van der Waals surface area contributed by atoms with Crippen LogP contribution in [0.1, 0.15) is 43.4 Å². The number of aliphatic hydroxyl groups excluding tert-OH is 1. The van der Waals surface area contributed by atoms with Gasteiger partial charge in [-0.25, -0.2) is 4.99 Å². The first-order chi connectivity index (χ1) is 16.0. The minimum absolute atomic E-state index is 0.0348. The molecule has 0 saturated carbocycles. The molecule has 2 aromatic rings. The van der Waals surface area contributed by atoms with Gasteiger partial charge in [-0.05, 0) is 48.6 Å². The van der Waals surface area contributed by atoms with Crippen LogP contribution in [-0.4, -0.2) is 40.4 Å². The van der Waals surface area contributed by atoms with Gasteiger partial charge in [0.2, 0.25) is 5.91 Å². The Labute approximate surface area is 195 Å². The number of aliphatic hydroxyl groups is 1. The van der Waals surface area contributed by atoms with Crippen LogP contribution in [0.3, 0.4) is 0 Å². The fourth-order valence-corrected chi connectivity index (χ4v) is 4.39. The van der Waals surface area contributed by atoms with E-state index in [0.717, 1.165) is 48.5 Å². The monoisotopic (exact) mass is 444 g/mol. The first-order valence-corrected chi connectivity index (χ1v) is 11.6. The van der Waals surface area contributed by atoms with Gasteiger partial charge in [-0.15, -0.1) is 0 Å². The van der Waals surface area contributed by atoms with E-state index in [1.165, 1.54) is 5.56 Å². The Balaban J connectivity index is 1.29. The highest BCUT2D eigenvalue weighted by molar-refractivity contribution is 6.01. The number of hydrogen-bond donors (Lipinski definition) is 3. The lowest BCUT2D eigenvalue weighted by molar-refractivity contribution is -0.119. The van der Waals surface area contributed by atoms with Crippen molar-refractivity contribution in [2.45, 2.75) is 50.8 Å². The molecule has 0 bridgehead atoms. The lowest BCUT2D eigenvalue weighted by atomic mass is 10.0. The van der Waals surface area contributed by atoms with Gasteiger partial charge in [0.15, 0.2) is 0 Å². The molecule has 0 aromatic heterocycles. The highest BCUT2D eigenvalue weighted by Crippen LogP contribution is 2.28. The van der Waals surface area contributed by atoms with Crippen molar-refractivity contribution in [3.05, 3.63) is 90.3 Å². The third-order valence-electron chi connectivity index (χ3n) is 6.31. The summed E-state index contributed by atoms with van der Waals surface area (Å²) in [5.41, 5.74) is 3.70. The van der Waals surface area contributed by atoms with Crippen LogP contribution < -0.4 is 10.6 Å². The van der Waals surface area contributed by atoms with E-state index in [2.05, 4.69) is 41.3 Å². The van der Waals surface area contributed by atoms with Crippen LogP contribution in [0.2, 0.25) is 0 Å². The van der Waals surface area contributed by atoms with Gasteiger partial charge in [0.25, 0.3) is 0 Å². The number of rotatable bonds is 9. The predicted octanol–water partition coefficient (Wildman–Crippen LogP) is 4.17.